The van der Waals surface area contributed by atoms with Crippen LogP contribution < -0.4 is 9.47 Å². The van der Waals surface area contributed by atoms with Gasteiger partial charge in [0.15, 0.2) is 23.0 Å². The van der Waals surface area contributed by atoms with Crippen LogP contribution in [-0.2, 0) is 16.2 Å². The molecule has 1 N–H and O–H groups in total. The molecule has 0 radical (unpaired) electrons. The van der Waals surface area contributed by atoms with Gasteiger partial charge in [-0.15, -0.1) is 0 Å². The molecule has 2 aromatic carbocycles. The summed E-state index contributed by atoms with van der Waals surface area (Å²) in [6.45, 7) is 8.05. The highest BCUT2D eigenvalue weighted by Crippen LogP contribution is 2.43. The normalized spacial score (nSPS) is 16.5. The van der Waals surface area contributed by atoms with Crippen molar-refractivity contribution in [1.29, 1.82) is 0 Å². The smallest absolute Gasteiger partial charge is 0.290 e. The fourth-order valence-electron chi connectivity index (χ4n) is 3.82. The number of hydrogen-bond donors (Lipinski definition) is 1. The minimum Gasteiger partial charge on any atom is -0.503 e. The summed E-state index contributed by atoms with van der Waals surface area (Å²) in [7, 11) is 1.56. The number of nitrogens with zero attached hydrogens (tertiary/aromatic N) is 1. The number of ketones is 1. The summed E-state index contributed by atoms with van der Waals surface area (Å²) in [5.41, 5.74) is 1.08. The van der Waals surface area contributed by atoms with Crippen molar-refractivity contribution in [1.82, 2.24) is 4.90 Å². The van der Waals surface area contributed by atoms with Crippen molar-refractivity contribution in [2.75, 3.05) is 13.7 Å². The van der Waals surface area contributed by atoms with Gasteiger partial charge >= 0.3 is 0 Å². The van der Waals surface area contributed by atoms with E-state index in [1.807, 2.05) is 43.3 Å². The molecule has 0 aromatic heterocycles. The Kier molecular flexibility index (Phi) is 6.92. The molecule has 0 fully saturated rings. The number of aliphatic hydroxyl groups excluding tert-OH is 1. The standard InChI is InChI=1S/C26H31NO5/c1-6-14-27-22(21(23(28)25(27)30)24(29)26(2,3)4)18-12-13-19(31-5)20(15-18)32-16-17-10-8-7-9-11-17/h7-13,15,22,28H,6,14,16H2,1-5H3. The molecule has 6 nitrogen and oxygen atoms in total. The number of amides is 1. The maximum atomic E-state index is 13.2. The van der Waals surface area contributed by atoms with Crippen LogP contribution >= 0.6 is 0 Å². The van der Waals surface area contributed by atoms with Gasteiger partial charge in [-0.25, -0.2) is 0 Å². The highest BCUT2D eigenvalue weighted by atomic mass is 16.5. The molecule has 32 heavy (non-hydrogen) atoms. The fraction of sp³-hybridized carbons (Fsp3) is 0.385. The summed E-state index contributed by atoms with van der Waals surface area (Å²) in [6.07, 6.45) is 0.694. The molecular weight excluding hydrogens is 406 g/mol. The first kappa shape index (κ1) is 23.4. The molecule has 0 aliphatic carbocycles. The zero-order valence-electron chi connectivity index (χ0n) is 19.3. The van der Waals surface area contributed by atoms with Gasteiger partial charge in [0, 0.05) is 12.0 Å². The Bertz CT molecular complexity index is 1020. The minimum atomic E-state index is -0.747. The summed E-state index contributed by atoms with van der Waals surface area (Å²) in [6, 6.07) is 14.4. The Morgan fingerprint density at radius 1 is 1.09 bits per heavy atom. The van der Waals surface area contributed by atoms with Crippen molar-refractivity contribution in [3.8, 4) is 11.5 Å². The van der Waals surface area contributed by atoms with E-state index in [1.54, 1.807) is 44.9 Å². The number of Topliss-reactive ketones (excluding diaryl/α,β-unsaturated/α-hetero) is 1. The van der Waals surface area contributed by atoms with Crippen molar-refractivity contribution in [2.45, 2.75) is 46.8 Å². The number of ether oxygens (including phenoxy) is 2. The molecule has 1 atom stereocenters. The second kappa shape index (κ2) is 9.47. The third kappa shape index (κ3) is 4.64. The van der Waals surface area contributed by atoms with Crippen LogP contribution in [0.25, 0.3) is 0 Å². The van der Waals surface area contributed by atoms with E-state index in [1.165, 1.54) is 0 Å². The van der Waals surface area contributed by atoms with Crippen LogP contribution in [0.2, 0.25) is 0 Å². The second-order valence-electron chi connectivity index (χ2n) is 8.93. The molecule has 170 valence electrons. The average molecular weight is 438 g/mol. The summed E-state index contributed by atoms with van der Waals surface area (Å²) >= 11 is 0. The first-order valence-corrected chi connectivity index (χ1v) is 10.8. The van der Waals surface area contributed by atoms with Crippen LogP contribution in [0.1, 0.15) is 51.3 Å². The van der Waals surface area contributed by atoms with Gasteiger partial charge in [0.05, 0.1) is 18.7 Å². The SMILES string of the molecule is CCCN1C(=O)C(O)=C(C(=O)C(C)(C)C)C1c1ccc(OC)c(OCc2ccccc2)c1. The number of methoxy groups -OCH3 is 1. The Labute approximate surface area is 189 Å². The molecule has 0 saturated carbocycles. The van der Waals surface area contributed by atoms with E-state index in [-0.39, 0.29) is 11.4 Å². The molecule has 1 amide bonds. The third-order valence-electron chi connectivity index (χ3n) is 5.43. The predicted octanol–water partition coefficient (Wildman–Crippen LogP) is 4.99. The van der Waals surface area contributed by atoms with E-state index in [2.05, 4.69) is 0 Å². The van der Waals surface area contributed by atoms with E-state index < -0.39 is 23.1 Å². The lowest BCUT2D eigenvalue weighted by Gasteiger charge is -2.29. The van der Waals surface area contributed by atoms with Gasteiger partial charge in [-0.05, 0) is 29.7 Å². The van der Waals surface area contributed by atoms with E-state index >= 15 is 0 Å². The van der Waals surface area contributed by atoms with Gasteiger partial charge in [-0.3, -0.25) is 9.59 Å². The molecule has 1 unspecified atom stereocenters. The van der Waals surface area contributed by atoms with Crippen molar-refractivity contribution in [3.63, 3.8) is 0 Å². The number of hydrogen-bond acceptors (Lipinski definition) is 5. The lowest BCUT2D eigenvalue weighted by molar-refractivity contribution is -0.129. The number of carbonyl (C=O) groups excluding carboxylic acids is 2. The lowest BCUT2D eigenvalue weighted by atomic mass is 9.82. The van der Waals surface area contributed by atoms with E-state index in [0.29, 0.717) is 36.6 Å². The second-order valence-corrected chi connectivity index (χ2v) is 8.93. The summed E-state index contributed by atoms with van der Waals surface area (Å²) < 4.78 is 11.5. The first-order chi connectivity index (χ1) is 15.2. The Morgan fingerprint density at radius 2 is 1.78 bits per heavy atom. The lowest BCUT2D eigenvalue weighted by Crippen LogP contribution is -2.33. The molecular formula is C26H31NO5. The third-order valence-corrected chi connectivity index (χ3v) is 5.43. The molecule has 0 bridgehead atoms. The minimum absolute atomic E-state index is 0.134. The predicted molar refractivity (Wildman–Crippen MR) is 123 cm³/mol. The van der Waals surface area contributed by atoms with Crippen LogP contribution in [0.15, 0.2) is 59.9 Å². The summed E-state index contributed by atoms with van der Waals surface area (Å²) in [5, 5.41) is 10.7. The van der Waals surface area contributed by atoms with E-state index in [0.717, 1.165) is 5.56 Å². The number of aliphatic hydroxyl groups is 1. The summed E-state index contributed by atoms with van der Waals surface area (Å²) in [5.74, 6) is -0.188. The highest BCUT2D eigenvalue weighted by molar-refractivity contribution is 6.10. The van der Waals surface area contributed by atoms with Gasteiger partial charge in [-0.1, -0.05) is 64.1 Å². The molecule has 0 spiro atoms. The van der Waals surface area contributed by atoms with Crippen molar-refractivity contribution in [3.05, 3.63) is 71.0 Å². The van der Waals surface area contributed by atoms with Crippen LogP contribution in [0.3, 0.4) is 0 Å². The first-order valence-electron chi connectivity index (χ1n) is 10.8. The highest BCUT2D eigenvalue weighted by Gasteiger charge is 2.45. The van der Waals surface area contributed by atoms with Gasteiger partial charge in [-0.2, -0.15) is 0 Å². The zero-order chi connectivity index (χ0) is 23.5. The number of rotatable bonds is 8. The maximum absolute atomic E-state index is 13.2. The molecule has 6 heteroatoms. The van der Waals surface area contributed by atoms with Crippen molar-refractivity contribution < 1.29 is 24.2 Å². The molecule has 1 aliphatic heterocycles. The van der Waals surface area contributed by atoms with Gasteiger partial charge < -0.3 is 19.5 Å². The van der Waals surface area contributed by atoms with Gasteiger partial charge in [0.1, 0.15) is 6.61 Å². The van der Waals surface area contributed by atoms with Crippen LogP contribution in [0, 0.1) is 5.41 Å². The van der Waals surface area contributed by atoms with Crippen LogP contribution in [-0.4, -0.2) is 35.4 Å². The fourth-order valence-corrected chi connectivity index (χ4v) is 3.82. The maximum Gasteiger partial charge on any atom is 0.290 e. The van der Waals surface area contributed by atoms with E-state index in [4.69, 9.17) is 9.47 Å². The van der Waals surface area contributed by atoms with E-state index in [9.17, 15) is 14.7 Å². The zero-order valence-corrected chi connectivity index (χ0v) is 19.3. The molecule has 1 aliphatic rings. The number of carbonyl (C=O) groups is 2. The molecule has 1 heterocycles. The largest absolute Gasteiger partial charge is 0.503 e. The van der Waals surface area contributed by atoms with Gasteiger partial charge in [0.25, 0.3) is 5.91 Å². The average Bonchev–Trinajstić information content (AvgIpc) is 3.02. The van der Waals surface area contributed by atoms with Crippen molar-refractivity contribution in [2.24, 2.45) is 5.41 Å². The Morgan fingerprint density at radius 3 is 2.38 bits per heavy atom. The monoisotopic (exact) mass is 437 g/mol. The topological polar surface area (TPSA) is 76.1 Å². The Balaban J connectivity index is 2.03. The van der Waals surface area contributed by atoms with Crippen LogP contribution in [0.4, 0.5) is 0 Å². The van der Waals surface area contributed by atoms with Gasteiger partial charge in [0.2, 0.25) is 0 Å². The molecule has 2 aromatic rings. The number of benzene rings is 2. The quantitative estimate of drug-likeness (QED) is 0.629. The van der Waals surface area contributed by atoms with Crippen LogP contribution in [0.5, 0.6) is 11.5 Å². The molecule has 0 saturated heterocycles. The molecule has 3 rings (SSSR count). The summed E-state index contributed by atoms with van der Waals surface area (Å²) in [4.78, 5) is 27.6. The van der Waals surface area contributed by atoms with Crippen molar-refractivity contribution >= 4 is 11.7 Å². The Hall–Kier alpha value is -3.28.